The predicted octanol–water partition coefficient (Wildman–Crippen LogP) is 3.87. The maximum atomic E-state index is 4.53. The molecule has 0 amide bonds. The van der Waals surface area contributed by atoms with Gasteiger partial charge in [-0.3, -0.25) is 4.68 Å². The molecule has 0 radical (unpaired) electrons. The van der Waals surface area contributed by atoms with E-state index in [0.29, 0.717) is 12.1 Å². The summed E-state index contributed by atoms with van der Waals surface area (Å²) < 4.78 is 2.23. The average molecular weight is 304 g/mol. The first-order valence-corrected chi connectivity index (χ1v) is 8.80. The zero-order valence-corrected chi connectivity index (χ0v) is 13.7. The van der Waals surface area contributed by atoms with Gasteiger partial charge in [0.1, 0.15) is 5.01 Å². The summed E-state index contributed by atoms with van der Waals surface area (Å²) in [5, 5.41) is 9.30. The summed E-state index contributed by atoms with van der Waals surface area (Å²) in [5.41, 5.74) is 1.29. The summed E-state index contributed by atoms with van der Waals surface area (Å²) in [4.78, 5) is 5.88. The van der Waals surface area contributed by atoms with E-state index in [1.165, 1.54) is 41.3 Å². The van der Waals surface area contributed by atoms with Crippen molar-refractivity contribution in [2.45, 2.75) is 64.6 Å². The fraction of sp³-hybridized carbons (Fsp3) is 0.625. The molecule has 1 unspecified atom stereocenters. The maximum Gasteiger partial charge on any atom is 0.109 e. The van der Waals surface area contributed by atoms with Crippen LogP contribution in [0.25, 0.3) is 0 Å². The Balaban J connectivity index is 1.61. The van der Waals surface area contributed by atoms with Crippen molar-refractivity contribution in [3.8, 4) is 0 Å². The molecular formula is C16H24N4S. The Morgan fingerprint density at radius 1 is 1.43 bits per heavy atom. The van der Waals surface area contributed by atoms with Crippen LogP contribution in [0.15, 0.2) is 18.5 Å². The van der Waals surface area contributed by atoms with E-state index in [4.69, 9.17) is 0 Å². The van der Waals surface area contributed by atoms with E-state index in [1.54, 1.807) is 0 Å². The van der Waals surface area contributed by atoms with Crippen molar-refractivity contribution in [2.24, 2.45) is 0 Å². The second kappa shape index (κ2) is 6.71. The second-order valence-corrected chi connectivity index (χ2v) is 6.97. The van der Waals surface area contributed by atoms with Gasteiger partial charge in [-0.15, -0.1) is 11.3 Å². The third-order valence-electron chi connectivity index (χ3n) is 4.30. The summed E-state index contributed by atoms with van der Waals surface area (Å²) in [6, 6.07) is 3.04. The number of rotatable bonds is 6. The number of nitrogens with zero attached hydrogens (tertiary/aromatic N) is 3. The van der Waals surface area contributed by atoms with Crippen molar-refractivity contribution in [3.05, 3.63) is 34.0 Å². The Morgan fingerprint density at radius 3 is 2.95 bits per heavy atom. The first-order chi connectivity index (χ1) is 10.3. The first-order valence-electron chi connectivity index (χ1n) is 7.98. The molecule has 2 aromatic rings. The van der Waals surface area contributed by atoms with Crippen LogP contribution in [0, 0.1) is 0 Å². The third-order valence-corrected chi connectivity index (χ3v) is 5.63. The zero-order chi connectivity index (χ0) is 14.7. The van der Waals surface area contributed by atoms with E-state index < -0.39 is 0 Å². The molecule has 3 rings (SSSR count). The summed E-state index contributed by atoms with van der Waals surface area (Å²) in [6.07, 6.45) is 10.2. The van der Waals surface area contributed by atoms with Gasteiger partial charge in [-0.25, -0.2) is 4.98 Å². The second-order valence-electron chi connectivity index (χ2n) is 5.83. The normalized spacial score (nSPS) is 17.4. The Bertz CT molecular complexity index is 568. The summed E-state index contributed by atoms with van der Waals surface area (Å²) in [7, 11) is 0. The Hall–Kier alpha value is -1.20. The van der Waals surface area contributed by atoms with E-state index in [1.807, 2.05) is 23.7 Å². The Labute approximate surface area is 130 Å². The van der Waals surface area contributed by atoms with E-state index in [2.05, 4.69) is 40.0 Å². The molecule has 0 saturated heterocycles. The van der Waals surface area contributed by atoms with Crippen molar-refractivity contribution >= 4 is 11.3 Å². The largest absolute Gasteiger partial charge is 0.302 e. The molecule has 5 heteroatoms. The van der Waals surface area contributed by atoms with Gasteiger partial charge in [0.05, 0.1) is 17.8 Å². The fourth-order valence-corrected chi connectivity index (χ4v) is 3.87. The number of nitrogens with one attached hydrogen (secondary N) is 1. The molecule has 1 aliphatic rings. The quantitative estimate of drug-likeness (QED) is 0.881. The van der Waals surface area contributed by atoms with Gasteiger partial charge in [0.25, 0.3) is 0 Å². The lowest BCUT2D eigenvalue weighted by Gasteiger charge is -2.16. The average Bonchev–Trinajstić information content (AvgIpc) is 3.23. The van der Waals surface area contributed by atoms with E-state index in [9.17, 15) is 0 Å². The molecular weight excluding hydrogens is 280 g/mol. The SMILES string of the molecule is CCc1cnc(C(C)NCc2ccnn2C2CCCC2)s1. The van der Waals surface area contributed by atoms with Crippen LogP contribution in [0.1, 0.15) is 67.2 Å². The van der Waals surface area contributed by atoms with Crippen molar-refractivity contribution in [3.63, 3.8) is 0 Å². The van der Waals surface area contributed by atoms with Gasteiger partial charge in [0.15, 0.2) is 0 Å². The minimum Gasteiger partial charge on any atom is -0.302 e. The van der Waals surface area contributed by atoms with Crippen LogP contribution < -0.4 is 5.32 Å². The molecule has 0 spiro atoms. The van der Waals surface area contributed by atoms with Crippen LogP contribution in [0.4, 0.5) is 0 Å². The molecule has 1 atom stereocenters. The van der Waals surface area contributed by atoms with E-state index in [-0.39, 0.29) is 0 Å². The van der Waals surface area contributed by atoms with Gasteiger partial charge in [0, 0.05) is 23.8 Å². The van der Waals surface area contributed by atoms with Crippen molar-refractivity contribution < 1.29 is 0 Å². The van der Waals surface area contributed by atoms with Crippen LogP contribution in [-0.2, 0) is 13.0 Å². The number of hydrogen-bond acceptors (Lipinski definition) is 4. The summed E-state index contributed by atoms with van der Waals surface area (Å²) in [5.74, 6) is 0. The van der Waals surface area contributed by atoms with Gasteiger partial charge in [-0.2, -0.15) is 5.10 Å². The lowest BCUT2D eigenvalue weighted by Crippen LogP contribution is -2.21. The predicted molar refractivity (Wildman–Crippen MR) is 86.5 cm³/mol. The lowest BCUT2D eigenvalue weighted by atomic mass is 10.2. The van der Waals surface area contributed by atoms with Gasteiger partial charge in [0.2, 0.25) is 0 Å². The maximum absolute atomic E-state index is 4.53. The van der Waals surface area contributed by atoms with E-state index in [0.717, 1.165) is 13.0 Å². The fourth-order valence-electron chi connectivity index (χ4n) is 2.99. The Morgan fingerprint density at radius 2 is 2.24 bits per heavy atom. The molecule has 1 fully saturated rings. The minimum absolute atomic E-state index is 0.294. The van der Waals surface area contributed by atoms with Crippen molar-refractivity contribution in [1.29, 1.82) is 0 Å². The van der Waals surface area contributed by atoms with E-state index >= 15 is 0 Å². The molecule has 21 heavy (non-hydrogen) atoms. The van der Waals surface area contributed by atoms with Crippen molar-refractivity contribution in [1.82, 2.24) is 20.1 Å². The number of aromatic nitrogens is 3. The molecule has 0 aliphatic heterocycles. The third kappa shape index (κ3) is 3.35. The van der Waals surface area contributed by atoms with Gasteiger partial charge in [-0.1, -0.05) is 19.8 Å². The van der Waals surface area contributed by atoms with Crippen LogP contribution in [0.3, 0.4) is 0 Å². The van der Waals surface area contributed by atoms with Gasteiger partial charge >= 0.3 is 0 Å². The molecule has 2 heterocycles. The molecule has 2 aromatic heterocycles. The molecule has 0 aromatic carbocycles. The number of aryl methyl sites for hydroxylation is 1. The molecule has 114 valence electrons. The number of thiazole rings is 1. The minimum atomic E-state index is 0.294. The number of hydrogen-bond donors (Lipinski definition) is 1. The highest BCUT2D eigenvalue weighted by molar-refractivity contribution is 7.11. The monoisotopic (exact) mass is 304 g/mol. The Kier molecular flexibility index (Phi) is 4.70. The van der Waals surface area contributed by atoms with Crippen LogP contribution >= 0.6 is 11.3 Å². The molecule has 1 saturated carbocycles. The first kappa shape index (κ1) is 14.7. The highest BCUT2D eigenvalue weighted by atomic mass is 32.1. The molecule has 0 bridgehead atoms. The van der Waals surface area contributed by atoms with Gasteiger partial charge in [-0.05, 0) is 32.3 Å². The zero-order valence-electron chi connectivity index (χ0n) is 12.9. The standard InChI is InChI=1S/C16H24N4S/c1-3-15-11-18-16(21-15)12(2)17-10-14-8-9-19-20(14)13-6-4-5-7-13/h8-9,11-13,17H,3-7,10H2,1-2H3. The van der Waals surface area contributed by atoms with Crippen LogP contribution in [0.5, 0.6) is 0 Å². The smallest absolute Gasteiger partial charge is 0.109 e. The topological polar surface area (TPSA) is 42.7 Å². The lowest BCUT2D eigenvalue weighted by molar-refractivity contribution is 0.435. The molecule has 1 aliphatic carbocycles. The summed E-state index contributed by atoms with van der Waals surface area (Å²) >= 11 is 1.81. The van der Waals surface area contributed by atoms with Crippen LogP contribution in [0.2, 0.25) is 0 Å². The van der Waals surface area contributed by atoms with Gasteiger partial charge < -0.3 is 5.32 Å². The molecule has 1 N–H and O–H groups in total. The summed E-state index contributed by atoms with van der Waals surface area (Å²) in [6.45, 7) is 5.23. The van der Waals surface area contributed by atoms with Crippen molar-refractivity contribution in [2.75, 3.05) is 0 Å². The molecule has 4 nitrogen and oxygen atoms in total. The highest BCUT2D eigenvalue weighted by Crippen LogP contribution is 2.30. The van der Waals surface area contributed by atoms with Crippen LogP contribution in [-0.4, -0.2) is 14.8 Å². The highest BCUT2D eigenvalue weighted by Gasteiger charge is 2.20.